The first kappa shape index (κ1) is 22.1. The second-order valence-corrected chi connectivity index (χ2v) is 9.70. The Kier molecular flexibility index (Phi) is 5.11. The van der Waals surface area contributed by atoms with E-state index in [1.807, 2.05) is 6.08 Å². The van der Waals surface area contributed by atoms with E-state index in [0.717, 1.165) is 0 Å². The van der Waals surface area contributed by atoms with E-state index in [2.05, 4.69) is 15.9 Å². The summed E-state index contributed by atoms with van der Waals surface area (Å²) < 4.78 is 5.34. The molecule has 1 fully saturated rings. The third-order valence-corrected chi connectivity index (χ3v) is 7.79. The third kappa shape index (κ3) is 3.06. The number of imide groups is 1. The highest BCUT2D eigenvalue weighted by Gasteiger charge is 2.56. The quantitative estimate of drug-likeness (QED) is 0.259. The summed E-state index contributed by atoms with van der Waals surface area (Å²) in [6.45, 7) is 0. The van der Waals surface area contributed by atoms with E-state index in [0.29, 0.717) is 11.1 Å². The Morgan fingerprint density at radius 1 is 1.15 bits per heavy atom. The lowest BCUT2D eigenvalue weighted by molar-refractivity contribution is -0.173. The van der Waals surface area contributed by atoms with Crippen molar-refractivity contribution < 1.29 is 34.2 Å². The van der Waals surface area contributed by atoms with Crippen LogP contribution in [0.1, 0.15) is 24.3 Å². The summed E-state index contributed by atoms with van der Waals surface area (Å²) >= 11 is 9.38. The molecule has 1 aromatic rings. The van der Waals surface area contributed by atoms with E-state index in [4.69, 9.17) is 16.3 Å². The van der Waals surface area contributed by atoms with Gasteiger partial charge in [-0.1, -0.05) is 23.3 Å². The number of benzene rings is 1. The van der Waals surface area contributed by atoms with Crippen molar-refractivity contribution in [2.45, 2.75) is 18.8 Å². The second-order valence-electron chi connectivity index (χ2n) is 8.44. The van der Waals surface area contributed by atoms with Crippen molar-refractivity contribution >= 4 is 50.9 Å². The molecule has 1 heterocycles. The molecule has 4 unspecified atom stereocenters. The van der Waals surface area contributed by atoms with Gasteiger partial charge in [0.15, 0.2) is 23.1 Å². The van der Waals surface area contributed by atoms with E-state index >= 15 is 0 Å². The Hall–Kier alpha value is -2.75. The number of halogens is 2. The SMILES string of the molecule is COc1cc(C2C3=CCC4C(=O)N(O)C(=O)C4C3CC3=C2C(=O)C=C(Br)C3=O)cc(Cl)c1O. The number of hydroxylamine groups is 2. The summed E-state index contributed by atoms with van der Waals surface area (Å²) in [6.07, 6.45) is 3.33. The topological polar surface area (TPSA) is 121 Å². The molecule has 2 amide bonds. The fraction of sp³-hybridized carbons (Fsp3) is 0.304. The molecule has 0 aromatic heterocycles. The van der Waals surface area contributed by atoms with Crippen LogP contribution >= 0.6 is 27.5 Å². The molecular formula is C23H17BrClNO7. The van der Waals surface area contributed by atoms with Crippen molar-refractivity contribution in [2.75, 3.05) is 7.11 Å². The lowest BCUT2D eigenvalue weighted by Crippen LogP contribution is -2.39. The summed E-state index contributed by atoms with van der Waals surface area (Å²) in [5.41, 5.74) is 1.72. The van der Waals surface area contributed by atoms with Gasteiger partial charge >= 0.3 is 0 Å². The monoisotopic (exact) mass is 533 g/mol. The number of ketones is 2. The molecule has 10 heteroatoms. The highest BCUT2D eigenvalue weighted by atomic mass is 79.9. The highest BCUT2D eigenvalue weighted by molar-refractivity contribution is 9.12. The number of phenolic OH excluding ortho intramolecular Hbond substituents is 1. The molecular weight excluding hydrogens is 518 g/mol. The first-order chi connectivity index (χ1) is 15.6. The smallest absolute Gasteiger partial charge is 0.257 e. The van der Waals surface area contributed by atoms with Gasteiger partial charge in [0.05, 0.1) is 28.5 Å². The van der Waals surface area contributed by atoms with Crippen molar-refractivity contribution in [3.8, 4) is 11.5 Å². The average molecular weight is 535 g/mol. The van der Waals surface area contributed by atoms with E-state index in [-0.39, 0.29) is 61.6 Å². The fourth-order valence-electron chi connectivity index (χ4n) is 5.49. The van der Waals surface area contributed by atoms with E-state index in [9.17, 15) is 29.5 Å². The van der Waals surface area contributed by atoms with Crippen LogP contribution in [-0.4, -0.2) is 45.9 Å². The minimum absolute atomic E-state index is 0.00266. The zero-order valence-electron chi connectivity index (χ0n) is 17.2. The Labute approximate surface area is 201 Å². The minimum atomic E-state index is -0.846. The molecule has 8 nitrogen and oxygen atoms in total. The number of rotatable bonds is 2. The van der Waals surface area contributed by atoms with Crippen molar-refractivity contribution in [3.63, 3.8) is 0 Å². The molecule has 0 bridgehead atoms. The lowest BCUT2D eigenvalue weighted by Gasteiger charge is -2.42. The minimum Gasteiger partial charge on any atom is -0.503 e. The molecule has 5 rings (SSSR count). The predicted octanol–water partition coefficient (Wildman–Crippen LogP) is 3.21. The van der Waals surface area contributed by atoms with Crippen LogP contribution in [0.4, 0.5) is 0 Å². The van der Waals surface area contributed by atoms with Gasteiger partial charge < -0.3 is 9.84 Å². The number of allylic oxidation sites excluding steroid dienone is 6. The maximum Gasteiger partial charge on any atom is 0.257 e. The van der Waals surface area contributed by atoms with Gasteiger partial charge in [-0.3, -0.25) is 24.4 Å². The number of carbonyl (C=O) groups excluding carboxylic acids is 4. The van der Waals surface area contributed by atoms with E-state index < -0.39 is 35.5 Å². The number of Topliss-reactive ketones (excluding diaryl/α,β-unsaturated/α-hetero) is 1. The van der Waals surface area contributed by atoms with Crippen LogP contribution in [-0.2, 0) is 19.2 Å². The van der Waals surface area contributed by atoms with Crippen LogP contribution in [0.15, 0.2) is 45.5 Å². The maximum absolute atomic E-state index is 13.1. The van der Waals surface area contributed by atoms with Gasteiger partial charge in [-0.25, -0.2) is 0 Å². The van der Waals surface area contributed by atoms with Crippen LogP contribution in [0.25, 0.3) is 0 Å². The zero-order valence-corrected chi connectivity index (χ0v) is 19.5. The predicted molar refractivity (Wildman–Crippen MR) is 118 cm³/mol. The number of ether oxygens (including phenoxy) is 1. The van der Waals surface area contributed by atoms with Crippen molar-refractivity contribution in [1.29, 1.82) is 0 Å². The molecule has 33 heavy (non-hydrogen) atoms. The molecule has 4 aliphatic rings. The standard InChI is InChI=1S/C23H17BrClNO7/c1-33-16-5-8(4-14(25)21(16)29)17-9-2-3-10-18(23(31)26(32)22(10)30)11(9)6-12-19(17)15(27)7-13(24)20(12)28/h2,4-5,7,10-11,17-18,29,32H,3,6H2,1H3. The second kappa shape index (κ2) is 7.65. The summed E-state index contributed by atoms with van der Waals surface area (Å²) in [6, 6.07) is 3.03. The van der Waals surface area contributed by atoms with Crippen LogP contribution in [0.3, 0.4) is 0 Å². The van der Waals surface area contributed by atoms with Gasteiger partial charge in [-0.05, 0) is 52.4 Å². The van der Waals surface area contributed by atoms with E-state index in [1.165, 1.54) is 25.3 Å². The van der Waals surface area contributed by atoms with Crippen LogP contribution in [0.2, 0.25) is 5.02 Å². The summed E-state index contributed by atoms with van der Waals surface area (Å²) in [5, 5.41) is 20.3. The summed E-state index contributed by atoms with van der Waals surface area (Å²) in [7, 11) is 1.36. The maximum atomic E-state index is 13.1. The average Bonchev–Trinajstić information content (AvgIpc) is 3.02. The molecule has 3 aliphatic carbocycles. The van der Waals surface area contributed by atoms with Crippen molar-refractivity contribution in [3.05, 3.63) is 56.1 Å². The number of aromatic hydroxyl groups is 1. The number of hydrogen-bond acceptors (Lipinski definition) is 7. The Morgan fingerprint density at radius 2 is 1.88 bits per heavy atom. The highest BCUT2D eigenvalue weighted by Crippen LogP contribution is 2.56. The molecule has 1 aliphatic heterocycles. The molecule has 1 saturated heterocycles. The first-order valence-corrected chi connectivity index (χ1v) is 11.3. The molecule has 0 radical (unpaired) electrons. The first-order valence-electron chi connectivity index (χ1n) is 10.2. The Bertz CT molecular complexity index is 1260. The molecule has 0 saturated carbocycles. The van der Waals surface area contributed by atoms with Gasteiger partial charge in [0.2, 0.25) is 0 Å². The van der Waals surface area contributed by atoms with Gasteiger partial charge in [0, 0.05) is 23.1 Å². The van der Waals surface area contributed by atoms with Crippen LogP contribution < -0.4 is 4.74 Å². The molecule has 2 N–H and O–H groups in total. The van der Waals surface area contributed by atoms with Gasteiger partial charge in [0.25, 0.3) is 11.8 Å². The van der Waals surface area contributed by atoms with Crippen molar-refractivity contribution in [1.82, 2.24) is 5.06 Å². The fourth-order valence-corrected chi connectivity index (χ4v) is 6.15. The number of amides is 2. The number of fused-ring (bicyclic) bond motifs is 3. The molecule has 170 valence electrons. The summed E-state index contributed by atoms with van der Waals surface area (Å²) in [4.78, 5) is 51.4. The van der Waals surface area contributed by atoms with Gasteiger partial charge in [0.1, 0.15) is 0 Å². The number of nitrogens with zero attached hydrogens (tertiary/aromatic N) is 1. The lowest BCUT2D eigenvalue weighted by atomic mass is 9.59. The Balaban J connectivity index is 1.74. The zero-order chi connectivity index (χ0) is 23.8. The summed E-state index contributed by atoms with van der Waals surface area (Å²) in [5.74, 6) is -5.17. The van der Waals surface area contributed by atoms with Gasteiger partial charge in [-0.2, -0.15) is 5.06 Å². The van der Waals surface area contributed by atoms with Gasteiger partial charge in [-0.15, -0.1) is 0 Å². The Morgan fingerprint density at radius 3 is 2.58 bits per heavy atom. The number of phenols is 1. The number of hydrogen-bond donors (Lipinski definition) is 2. The largest absolute Gasteiger partial charge is 0.503 e. The molecule has 0 spiro atoms. The molecule has 4 atom stereocenters. The molecule has 1 aromatic carbocycles. The van der Waals surface area contributed by atoms with E-state index in [1.54, 1.807) is 0 Å². The van der Waals surface area contributed by atoms with Crippen LogP contribution in [0, 0.1) is 17.8 Å². The van der Waals surface area contributed by atoms with Crippen molar-refractivity contribution in [2.24, 2.45) is 17.8 Å². The number of methoxy groups -OCH3 is 1. The van der Waals surface area contributed by atoms with Crippen LogP contribution in [0.5, 0.6) is 11.5 Å². The number of carbonyl (C=O) groups is 4. The third-order valence-electron chi connectivity index (χ3n) is 6.91. The normalized spacial score (nSPS) is 28.9.